The first-order chi connectivity index (χ1) is 11.0. The lowest BCUT2D eigenvalue weighted by atomic mass is 9.97. The predicted molar refractivity (Wildman–Crippen MR) is 83.3 cm³/mol. The molecule has 23 heavy (non-hydrogen) atoms. The van der Waals surface area contributed by atoms with Gasteiger partial charge in [-0.15, -0.1) is 0 Å². The molecule has 0 saturated heterocycles. The molecule has 9 heteroatoms. The van der Waals surface area contributed by atoms with E-state index in [1.54, 1.807) is 18.7 Å². The maximum atomic E-state index is 12.9. The van der Waals surface area contributed by atoms with Gasteiger partial charge in [-0.05, 0) is 6.92 Å². The van der Waals surface area contributed by atoms with E-state index < -0.39 is 10.0 Å². The van der Waals surface area contributed by atoms with E-state index in [4.69, 9.17) is 4.74 Å². The molecule has 0 aromatic carbocycles. The first-order valence-electron chi connectivity index (χ1n) is 7.49. The number of hydrogen-bond acceptors (Lipinski definition) is 5. The second kappa shape index (κ2) is 6.06. The van der Waals surface area contributed by atoms with Gasteiger partial charge in [-0.1, -0.05) is 0 Å². The van der Waals surface area contributed by atoms with Crippen LogP contribution in [0.25, 0.3) is 0 Å². The third kappa shape index (κ3) is 2.79. The highest BCUT2D eigenvalue weighted by Crippen LogP contribution is 2.31. The molecule has 3 heterocycles. The van der Waals surface area contributed by atoms with Crippen LogP contribution in [0.3, 0.4) is 0 Å². The third-order valence-electron chi connectivity index (χ3n) is 4.12. The van der Waals surface area contributed by atoms with Gasteiger partial charge in [0.2, 0.25) is 0 Å². The van der Waals surface area contributed by atoms with Crippen LogP contribution in [0.15, 0.2) is 23.7 Å². The Kier molecular flexibility index (Phi) is 4.26. The number of ether oxygens (including phenoxy) is 1. The third-order valence-corrected chi connectivity index (χ3v) is 5.82. The van der Waals surface area contributed by atoms with Crippen LogP contribution < -0.4 is 0 Å². The van der Waals surface area contributed by atoms with E-state index in [9.17, 15) is 8.42 Å². The highest BCUT2D eigenvalue weighted by atomic mass is 32.2. The molecule has 2 aromatic heterocycles. The topological polar surface area (TPSA) is 82.3 Å². The van der Waals surface area contributed by atoms with Gasteiger partial charge in [-0.2, -0.15) is 9.40 Å². The monoisotopic (exact) mass is 339 g/mol. The van der Waals surface area contributed by atoms with Crippen molar-refractivity contribution in [3.8, 4) is 0 Å². The summed E-state index contributed by atoms with van der Waals surface area (Å²) in [7, 11) is -0.262. The normalized spacial score (nSPS) is 19.0. The zero-order valence-corrected chi connectivity index (χ0v) is 14.3. The summed E-state index contributed by atoms with van der Waals surface area (Å²) < 4.78 is 35.9. The van der Waals surface area contributed by atoms with Crippen molar-refractivity contribution in [2.24, 2.45) is 7.05 Å². The van der Waals surface area contributed by atoms with Crippen molar-refractivity contribution in [1.82, 2.24) is 23.6 Å². The van der Waals surface area contributed by atoms with Crippen LogP contribution in [0.5, 0.6) is 0 Å². The Balaban J connectivity index is 1.99. The average Bonchev–Trinajstić information content (AvgIpc) is 3.13. The van der Waals surface area contributed by atoms with E-state index in [1.165, 1.54) is 16.8 Å². The molecular weight excluding hydrogens is 318 g/mol. The minimum atomic E-state index is -3.63. The van der Waals surface area contributed by atoms with Crippen LogP contribution in [-0.2, 0) is 34.9 Å². The molecule has 0 radical (unpaired) electrons. The van der Waals surface area contributed by atoms with Crippen LogP contribution in [0, 0.1) is 0 Å². The molecule has 1 atom stereocenters. The molecule has 3 rings (SSSR count). The molecule has 0 spiro atoms. The maximum Gasteiger partial charge on any atom is 0.262 e. The maximum absolute atomic E-state index is 12.9. The van der Waals surface area contributed by atoms with E-state index in [-0.39, 0.29) is 10.9 Å². The summed E-state index contributed by atoms with van der Waals surface area (Å²) in [4.78, 5) is 4.00. The fraction of sp³-hybridized carbons (Fsp3) is 0.571. The Bertz CT molecular complexity index is 795. The van der Waals surface area contributed by atoms with Crippen LogP contribution >= 0.6 is 0 Å². The van der Waals surface area contributed by atoms with Crippen molar-refractivity contribution in [2.45, 2.75) is 31.0 Å². The van der Waals surface area contributed by atoms with Gasteiger partial charge in [0.05, 0.1) is 31.4 Å². The largest absolute Gasteiger partial charge is 0.384 e. The Morgan fingerprint density at radius 2 is 2.22 bits per heavy atom. The molecule has 0 N–H and O–H groups in total. The van der Waals surface area contributed by atoms with Crippen molar-refractivity contribution in [3.63, 3.8) is 0 Å². The summed E-state index contributed by atoms with van der Waals surface area (Å²) in [5.41, 5.74) is 2.00. The standard InChI is InChI=1S/C14H21N5O3S/c1-4-19-13-7-18(6-11(9-22-3)12(13)5-16-19)23(20,21)14-8-17(2)10-15-14/h5,8,10-11H,4,6-7,9H2,1-3H3/t11-/m1/s1. The molecule has 1 aliphatic rings. The predicted octanol–water partition coefficient (Wildman–Crippen LogP) is 0.571. The Hall–Kier alpha value is -1.71. The lowest BCUT2D eigenvalue weighted by molar-refractivity contribution is 0.162. The number of rotatable bonds is 5. The fourth-order valence-corrected chi connectivity index (χ4v) is 4.38. The minimum Gasteiger partial charge on any atom is -0.384 e. The smallest absolute Gasteiger partial charge is 0.262 e. The number of hydrogen-bond donors (Lipinski definition) is 0. The van der Waals surface area contributed by atoms with Crippen molar-refractivity contribution in [2.75, 3.05) is 20.3 Å². The van der Waals surface area contributed by atoms with E-state index in [2.05, 4.69) is 10.1 Å². The summed E-state index contributed by atoms with van der Waals surface area (Å²) >= 11 is 0. The number of nitrogens with zero attached hydrogens (tertiary/aromatic N) is 5. The highest BCUT2D eigenvalue weighted by molar-refractivity contribution is 7.89. The zero-order chi connectivity index (χ0) is 16.6. The molecule has 1 aliphatic heterocycles. The SMILES string of the molecule is CCn1ncc2c1CN(S(=O)(=O)c1cn(C)cn1)C[C@@H]2COC. The molecule has 0 amide bonds. The Labute approximate surface area is 135 Å². The van der Waals surface area contributed by atoms with Gasteiger partial charge in [0.15, 0.2) is 5.03 Å². The molecule has 0 aliphatic carbocycles. The first kappa shape index (κ1) is 16.2. The number of aromatic nitrogens is 4. The summed E-state index contributed by atoms with van der Waals surface area (Å²) in [6.07, 6.45) is 4.84. The van der Waals surface area contributed by atoms with Crippen LogP contribution in [0.1, 0.15) is 24.1 Å². The van der Waals surface area contributed by atoms with Gasteiger partial charge in [0, 0.05) is 44.9 Å². The second-order valence-electron chi connectivity index (χ2n) is 5.69. The van der Waals surface area contributed by atoms with Gasteiger partial charge in [0.1, 0.15) is 0 Å². The first-order valence-corrected chi connectivity index (χ1v) is 8.93. The van der Waals surface area contributed by atoms with E-state index >= 15 is 0 Å². The van der Waals surface area contributed by atoms with E-state index in [1.807, 2.05) is 17.8 Å². The van der Waals surface area contributed by atoms with Crippen molar-refractivity contribution in [1.29, 1.82) is 0 Å². The number of fused-ring (bicyclic) bond motifs is 1. The summed E-state index contributed by atoms with van der Waals surface area (Å²) in [5.74, 6) is -0.0254. The second-order valence-corrected chi connectivity index (χ2v) is 7.57. The van der Waals surface area contributed by atoms with Crippen molar-refractivity contribution in [3.05, 3.63) is 30.0 Å². The molecule has 2 aromatic rings. The van der Waals surface area contributed by atoms with Gasteiger partial charge < -0.3 is 9.30 Å². The molecular formula is C14H21N5O3S. The molecule has 0 bridgehead atoms. The highest BCUT2D eigenvalue weighted by Gasteiger charge is 2.36. The summed E-state index contributed by atoms with van der Waals surface area (Å²) in [5, 5.41) is 4.43. The summed E-state index contributed by atoms with van der Waals surface area (Å²) in [6.45, 7) is 3.82. The Morgan fingerprint density at radius 1 is 1.43 bits per heavy atom. The van der Waals surface area contributed by atoms with Gasteiger partial charge in [0.25, 0.3) is 10.0 Å². The van der Waals surface area contributed by atoms with Gasteiger partial charge >= 0.3 is 0 Å². The summed E-state index contributed by atoms with van der Waals surface area (Å²) in [6, 6.07) is 0. The number of aryl methyl sites for hydroxylation is 2. The fourth-order valence-electron chi connectivity index (χ4n) is 2.97. The van der Waals surface area contributed by atoms with Crippen LogP contribution in [-0.4, -0.2) is 52.3 Å². The van der Waals surface area contributed by atoms with Crippen LogP contribution in [0.4, 0.5) is 0 Å². The van der Waals surface area contributed by atoms with Crippen LogP contribution in [0.2, 0.25) is 0 Å². The molecule has 8 nitrogen and oxygen atoms in total. The lowest BCUT2D eigenvalue weighted by Crippen LogP contribution is -2.40. The van der Waals surface area contributed by atoms with Crippen molar-refractivity contribution < 1.29 is 13.2 Å². The molecule has 0 saturated carbocycles. The quantitative estimate of drug-likeness (QED) is 0.795. The van der Waals surface area contributed by atoms with Gasteiger partial charge in [-0.3, -0.25) is 4.68 Å². The van der Waals surface area contributed by atoms with Crippen molar-refractivity contribution >= 4 is 10.0 Å². The molecule has 0 fully saturated rings. The molecule has 0 unspecified atom stereocenters. The Morgan fingerprint density at radius 3 is 2.83 bits per heavy atom. The zero-order valence-electron chi connectivity index (χ0n) is 13.5. The lowest BCUT2D eigenvalue weighted by Gasteiger charge is -2.31. The number of sulfonamides is 1. The minimum absolute atomic E-state index is 0.0254. The molecule has 126 valence electrons. The number of methoxy groups -OCH3 is 1. The average molecular weight is 339 g/mol. The van der Waals surface area contributed by atoms with Gasteiger partial charge in [-0.25, -0.2) is 13.4 Å². The van der Waals surface area contributed by atoms with E-state index in [0.717, 1.165) is 11.3 Å². The van der Waals surface area contributed by atoms with E-state index in [0.29, 0.717) is 26.2 Å². The number of imidazole rings is 1.